The van der Waals surface area contributed by atoms with Crippen LogP contribution in [0, 0.1) is 0 Å². The number of alkyl halides is 2. The Kier molecular flexibility index (Phi) is 4.97. The van der Waals surface area contributed by atoms with Crippen LogP contribution in [0.1, 0.15) is 25.0 Å². The molecule has 4 heteroatoms. The van der Waals surface area contributed by atoms with Gasteiger partial charge in [0.05, 0.1) is 0 Å². The van der Waals surface area contributed by atoms with Gasteiger partial charge in [-0.15, -0.1) is 0 Å². The van der Waals surface area contributed by atoms with Crippen molar-refractivity contribution in [3.05, 3.63) is 59.7 Å². The van der Waals surface area contributed by atoms with E-state index in [2.05, 4.69) is 74.3 Å². The van der Waals surface area contributed by atoms with Crippen LogP contribution in [0.4, 0.5) is 0 Å². The molecule has 0 amide bonds. The van der Waals surface area contributed by atoms with Crippen LogP contribution in [-0.2, 0) is 21.5 Å². The van der Waals surface area contributed by atoms with Crippen LogP contribution >= 0.6 is 31.9 Å². The van der Waals surface area contributed by atoms with Gasteiger partial charge >= 0.3 is 5.97 Å². The van der Waals surface area contributed by atoms with Gasteiger partial charge in [0.1, 0.15) is 10.9 Å². The zero-order valence-electron chi connectivity index (χ0n) is 13.6. The number of esters is 1. The molecule has 0 aromatic heterocycles. The predicted octanol–water partition coefficient (Wildman–Crippen LogP) is 6.10. The minimum Gasteiger partial charge on any atom is -0.460 e. The molecule has 0 heterocycles. The van der Waals surface area contributed by atoms with E-state index in [4.69, 9.17) is 4.74 Å². The summed E-state index contributed by atoms with van der Waals surface area (Å²) in [6.07, 6.45) is 0. The molecule has 0 atom stereocenters. The van der Waals surface area contributed by atoms with E-state index in [0.29, 0.717) is 0 Å². The molecule has 0 N–H and O–H groups in total. The first-order chi connectivity index (χ1) is 11.4. The lowest BCUT2D eigenvalue weighted by atomic mass is 9.99. The molecule has 24 heavy (non-hydrogen) atoms. The maximum absolute atomic E-state index is 11.9. The molecular formula is C20H18Br2O2. The summed E-state index contributed by atoms with van der Waals surface area (Å²) in [6.45, 7) is 3.84. The van der Waals surface area contributed by atoms with E-state index in [1.807, 2.05) is 6.07 Å². The van der Waals surface area contributed by atoms with Gasteiger partial charge in [0, 0.05) is 5.33 Å². The number of halogens is 2. The zero-order valence-corrected chi connectivity index (χ0v) is 16.8. The van der Waals surface area contributed by atoms with Crippen LogP contribution in [-0.4, -0.2) is 10.3 Å². The molecule has 0 unspecified atom stereocenters. The first-order valence-corrected chi connectivity index (χ1v) is 9.66. The van der Waals surface area contributed by atoms with Crippen LogP contribution in [0.15, 0.2) is 48.5 Å². The van der Waals surface area contributed by atoms with Crippen LogP contribution in [0.25, 0.3) is 21.5 Å². The highest BCUT2D eigenvalue weighted by molar-refractivity contribution is 9.10. The monoisotopic (exact) mass is 448 g/mol. The number of carbonyl (C=O) groups excluding carboxylic acids is 1. The van der Waals surface area contributed by atoms with Gasteiger partial charge in [-0.05, 0) is 52.6 Å². The number of benzene rings is 3. The van der Waals surface area contributed by atoms with Crippen molar-refractivity contribution in [2.45, 2.75) is 30.1 Å². The van der Waals surface area contributed by atoms with E-state index in [1.165, 1.54) is 21.7 Å². The number of carbonyl (C=O) groups is 1. The first kappa shape index (κ1) is 17.4. The first-order valence-electron chi connectivity index (χ1n) is 7.75. The molecule has 0 bridgehead atoms. The van der Waals surface area contributed by atoms with Crippen molar-refractivity contribution in [2.75, 3.05) is 0 Å². The van der Waals surface area contributed by atoms with Crippen LogP contribution in [0.5, 0.6) is 0 Å². The van der Waals surface area contributed by atoms with Crippen molar-refractivity contribution < 1.29 is 9.53 Å². The Morgan fingerprint density at radius 2 is 1.50 bits per heavy atom. The van der Waals surface area contributed by atoms with E-state index in [0.717, 1.165) is 16.3 Å². The topological polar surface area (TPSA) is 26.3 Å². The molecule has 2 nitrogen and oxygen atoms in total. The van der Waals surface area contributed by atoms with Gasteiger partial charge in [-0.2, -0.15) is 0 Å². The van der Waals surface area contributed by atoms with E-state index in [-0.39, 0.29) is 12.6 Å². The zero-order chi connectivity index (χ0) is 17.3. The molecule has 0 aliphatic heterocycles. The Balaban J connectivity index is 1.92. The summed E-state index contributed by atoms with van der Waals surface area (Å²) in [6, 6.07) is 17.0. The van der Waals surface area contributed by atoms with Gasteiger partial charge in [-0.3, -0.25) is 4.79 Å². The molecule has 0 spiro atoms. The second-order valence-electron chi connectivity index (χ2n) is 6.36. The van der Waals surface area contributed by atoms with E-state index in [1.54, 1.807) is 13.8 Å². The van der Waals surface area contributed by atoms with Crippen molar-refractivity contribution in [1.29, 1.82) is 0 Å². The Morgan fingerprint density at radius 1 is 0.958 bits per heavy atom. The summed E-state index contributed by atoms with van der Waals surface area (Å²) in [5.74, 6) is -0.261. The average Bonchev–Trinajstić information content (AvgIpc) is 2.57. The fourth-order valence-electron chi connectivity index (χ4n) is 2.66. The standard InChI is InChI=1S/C20H18Br2O2/c1-20(2,22)19(23)24-12-14-4-8-18-16(10-14)6-5-15-9-13(11-21)3-7-17(15)18/h3-10H,11-12H2,1-2H3. The highest BCUT2D eigenvalue weighted by atomic mass is 79.9. The van der Waals surface area contributed by atoms with Crippen molar-refractivity contribution in [3.8, 4) is 0 Å². The Labute approximate surface area is 158 Å². The predicted molar refractivity (Wildman–Crippen MR) is 107 cm³/mol. The Bertz CT molecular complexity index is 911. The van der Waals surface area contributed by atoms with Gasteiger partial charge in [0.15, 0.2) is 0 Å². The molecular weight excluding hydrogens is 432 g/mol. The molecule has 124 valence electrons. The Hall–Kier alpha value is -1.39. The Morgan fingerprint density at radius 3 is 2.04 bits per heavy atom. The molecule has 0 radical (unpaired) electrons. The van der Waals surface area contributed by atoms with Gasteiger partial charge in [0.2, 0.25) is 0 Å². The summed E-state index contributed by atoms with van der Waals surface area (Å²) in [7, 11) is 0. The highest BCUT2D eigenvalue weighted by Gasteiger charge is 2.25. The fraction of sp³-hybridized carbons (Fsp3) is 0.250. The largest absolute Gasteiger partial charge is 0.460 e. The SMILES string of the molecule is CC(C)(Br)C(=O)OCc1ccc2c(ccc3cc(CBr)ccc32)c1. The average molecular weight is 450 g/mol. The second kappa shape index (κ2) is 6.85. The van der Waals surface area contributed by atoms with Gasteiger partial charge in [-0.25, -0.2) is 0 Å². The minimum atomic E-state index is -0.660. The van der Waals surface area contributed by atoms with Gasteiger partial charge in [0.25, 0.3) is 0 Å². The molecule has 0 aliphatic rings. The van der Waals surface area contributed by atoms with Crippen molar-refractivity contribution >= 4 is 59.4 Å². The number of hydrogen-bond acceptors (Lipinski definition) is 2. The maximum Gasteiger partial charge on any atom is 0.322 e. The quantitative estimate of drug-likeness (QED) is 0.273. The number of fused-ring (bicyclic) bond motifs is 3. The smallest absolute Gasteiger partial charge is 0.322 e. The molecule has 0 fully saturated rings. The molecule has 3 rings (SSSR count). The highest BCUT2D eigenvalue weighted by Crippen LogP contribution is 2.28. The summed E-state index contributed by atoms with van der Waals surface area (Å²) in [5.41, 5.74) is 2.26. The summed E-state index contributed by atoms with van der Waals surface area (Å²) < 4.78 is 4.71. The molecule has 0 aliphatic carbocycles. The molecule has 0 saturated heterocycles. The van der Waals surface area contributed by atoms with E-state index >= 15 is 0 Å². The molecule has 3 aromatic carbocycles. The summed E-state index contributed by atoms with van der Waals surface area (Å²) in [4.78, 5) is 11.9. The third-order valence-corrected chi connectivity index (χ3v) is 4.95. The summed E-state index contributed by atoms with van der Waals surface area (Å²) in [5, 5.41) is 5.70. The third kappa shape index (κ3) is 3.65. The fourth-order valence-corrected chi connectivity index (χ4v) is 3.13. The van der Waals surface area contributed by atoms with Gasteiger partial charge in [-0.1, -0.05) is 74.3 Å². The molecule has 3 aromatic rings. The lowest BCUT2D eigenvalue weighted by molar-refractivity contribution is -0.146. The maximum atomic E-state index is 11.9. The minimum absolute atomic E-state index is 0.261. The number of hydrogen-bond donors (Lipinski definition) is 0. The van der Waals surface area contributed by atoms with Crippen LogP contribution in [0.3, 0.4) is 0 Å². The van der Waals surface area contributed by atoms with E-state index in [9.17, 15) is 4.79 Å². The van der Waals surface area contributed by atoms with Crippen molar-refractivity contribution in [2.24, 2.45) is 0 Å². The van der Waals surface area contributed by atoms with Gasteiger partial charge < -0.3 is 4.74 Å². The number of ether oxygens (including phenoxy) is 1. The van der Waals surface area contributed by atoms with Crippen LogP contribution < -0.4 is 0 Å². The normalized spacial score (nSPS) is 11.8. The second-order valence-corrected chi connectivity index (χ2v) is 8.90. The number of rotatable bonds is 4. The molecule has 0 saturated carbocycles. The van der Waals surface area contributed by atoms with E-state index < -0.39 is 4.32 Å². The van der Waals surface area contributed by atoms with Crippen molar-refractivity contribution in [1.82, 2.24) is 0 Å². The third-order valence-electron chi connectivity index (χ3n) is 3.97. The van der Waals surface area contributed by atoms with Crippen LogP contribution in [0.2, 0.25) is 0 Å². The lowest BCUT2D eigenvalue weighted by Crippen LogP contribution is -2.26. The lowest BCUT2D eigenvalue weighted by Gasteiger charge is -2.15. The summed E-state index contributed by atoms with van der Waals surface area (Å²) >= 11 is 6.82. The van der Waals surface area contributed by atoms with Crippen molar-refractivity contribution in [3.63, 3.8) is 0 Å².